The van der Waals surface area contributed by atoms with Crippen LogP contribution in [0.2, 0.25) is 0 Å². The summed E-state index contributed by atoms with van der Waals surface area (Å²) in [7, 11) is 2.20. The molecule has 5 heteroatoms. The van der Waals surface area contributed by atoms with Crippen LogP contribution in [-0.2, 0) is 19.4 Å². The third-order valence-electron chi connectivity index (χ3n) is 7.90. The number of anilines is 1. The number of fused-ring (bicyclic) bond motifs is 2. The van der Waals surface area contributed by atoms with Crippen molar-refractivity contribution < 1.29 is 9.90 Å². The first-order chi connectivity index (χ1) is 16.1. The van der Waals surface area contributed by atoms with Crippen molar-refractivity contribution >= 4 is 11.6 Å². The third-order valence-corrected chi connectivity index (χ3v) is 7.90. The second kappa shape index (κ2) is 9.86. The van der Waals surface area contributed by atoms with Gasteiger partial charge in [0.1, 0.15) is 0 Å². The zero-order valence-corrected chi connectivity index (χ0v) is 19.9. The zero-order valence-electron chi connectivity index (χ0n) is 19.9. The molecule has 1 amide bonds. The van der Waals surface area contributed by atoms with Gasteiger partial charge in [0, 0.05) is 57.1 Å². The third kappa shape index (κ3) is 4.95. The van der Waals surface area contributed by atoms with Gasteiger partial charge in [-0.1, -0.05) is 43.5 Å². The molecule has 1 N–H and O–H groups in total. The van der Waals surface area contributed by atoms with E-state index in [2.05, 4.69) is 53.2 Å². The lowest BCUT2D eigenvalue weighted by Crippen LogP contribution is -2.46. The average Bonchev–Trinajstić information content (AvgIpc) is 2.85. The lowest BCUT2D eigenvalue weighted by Gasteiger charge is -2.35. The van der Waals surface area contributed by atoms with Crippen molar-refractivity contribution in [2.75, 3.05) is 38.1 Å². The summed E-state index contributed by atoms with van der Waals surface area (Å²) in [6, 6.07) is 15.5. The molecule has 0 saturated heterocycles. The number of nitrogens with zero attached hydrogens (tertiary/aromatic N) is 3. The molecule has 0 bridgehead atoms. The van der Waals surface area contributed by atoms with Crippen molar-refractivity contribution in [2.24, 2.45) is 0 Å². The zero-order chi connectivity index (χ0) is 22.8. The molecule has 1 atom stereocenters. The van der Waals surface area contributed by atoms with Gasteiger partial charge >= 0.3 is 0 Å². The van der Waals surface area contributed by atoms with Crippen LogP contribution in [0.4, 0.5) is 5.69 Å². The van der Waals surface area contributed by atoms with Crippen LogP contribution < -0.4 is 4.90 Å². The summed E-state index contributed by atoms with van der Waals surface area (Å²) in [5.74, 6) is 0.0613. The molecule has 1 fully saturated rings. The molecule has 2 heterocycles. The molecule has 1 aliphatic carbocycles. The summed E-state index contributed by atoms with van der Waals surface area (Å²) in [6.45, 7) is 3.53. The van der Waals surface area contributed by atoms with Gasteiger partial charge in [0.25, 0.3) is 5.91 Å². The molecular formula is C28H37N3O2. The number of benzene rings is 2. The summed E-state index contributed by atoms with van der Waals surface area (Å²) >= 11 is 0. The number of aliphatic hydroxyl groups is 1. The monoisotopic (exact) mass is 447 g/mol. The van der Waals surface area contributed by atoms with E-state index >= 15 is 0 Å². The summed E-state index contributed by atoms with van der Waals surface area (Å²) in [6.07, 6.45) is 7.88. The van der Waals surface area contributed by atoms with Crippen LogP contribution in [0.1, 0.15) is 59.2 Å². The molecule has 0 radical (unpaired) electrons. The van der Waals surface area contributed by atoms with E-state index in [1.165, 1.54) is 48.9 Å². The fraction of sp³-hybridized carbons (Fsp3) is 0.536. The van der Waals surface area contributed by atoms with Crippen LogP contribution in [0, 0.1) is 0 Å². The van der Waals surface area contributed by atoms with Gasteiger partial charge in [-0.05, 0) is 60.6 Å². The number of amides is 1. The summed E-state index contributed by atoms with van der Waals surface area (Å²) < 4.78 is 0. The Morgan fingerprint density at radius 3 is 2.55 bits per heavy atom. The van der Waals surface area contributed by atoms with E-state index in [0.29, 0.717) is 25.7 Å². The maximum absolute atomic E-state index is 13.2. The molecule has 2 aromatic carbocycles. The Morgan fingerprint density at radius 2 is 1.73 bits per heavy atom. The molecule has 176 valence electrons. The van der Waals surface area contributed by atoms with Crippen molar-refractivity contribution in [3.05, 3.63) is 64.7 Å². The minimum Gasteiger partial charge on any atom is -0.390 e. The van der Waals surface area contributed by atoms with E-state index in [9.17, 15) is 9.90 Å². The van der Waals surface area contributed by atoms with Gasteiger partial charge in [0.05, 0.1) is 6.10 Å². The predicted octanol–water partition coefficient (Wildman–Crippen LogP) is 3.87. The molecule has 0 unspecified atom stereocenters. The van der Waals surface area contributed by atoms with E-state index < -0.39 is 6.10 Å². The highest BCUT2D eigenvalue weighted by Gasteiger charge is 2.28. The van der Waals surface area contributed by atoms with E-state index in [4.69, 9.17) is 0 Å². The Bertz CT molecular complexity index is 985. The number of carbonyl (C=O) groups excluding carboxylic acids is 1. The van der Waals surface area contributed by atoms with Crippen LogP contribution in [0.25, 0.3) is 0 Å². The van der Waals surface area contributed by atoms with Gasteiger partial charge in [-0.2, -0.15) is 0 Å². The lowest BCUT2D eigenvalue weighted by molar-refractivity contribution is 0.0493. The Labute approximate surface area is 198 Å². The van der Waals surface area contributed by atoms with Crippen molar-refractivity contribution in [2.45, 2.75) is 63.6 Å². The van der Waals surface area contributed by atoms with Gasteiger partial charge in [-0.25, -0.2) is 0 Å². The second-order valence-corrected chi connectivity index (χ2v) is 10.2. The topological polar surface area (TPSA) is 47.0 Å². The number of aliphatic hydroxyl groups excluding tert-OH is 1. The van der Waals surface area contributed by atoms with Crippen LogP contribution in [0.15, 0.2) is 42.5 Å². The minimum atomic E-state index is -0.530. The summed E-state index contributed by atoms with van der Waals surface area (Å²) in [4.78, 5) is 19.7. The number of β-amino-alcohol motifs (C(OH)–C–C–N with tert-alkyl or cyclic N) is 1. The van der Waals surface area contributed by atoms with Gasteiger partial charge in [0.15, 0.2) is 0 Å². The fourth-order valence-electron chi connectivity index (χ4n) is 5.92. The molecular weight excluding hydrogens is 410 g/mol. The highest BCUT2D eigenvalue weighted by molar-refractivity contribution is 5.97. The standard InChI is InChI=1S/C28H37N3O2/c1-29(24-9-3-2-4-10-24)25-11-12-27-22(17-25)14-16-31(28(27)33)20-26(32)19-30-15-13-21-7-5-6-8-23(21)18-30/h5-8,11-12,17,24,26,32H,2-4,9-10,13-16,18-20H2,1H3/t26-/m1/s1. The van der Waals surface area contributed by atoms with Gasteiger partial charge in [0.2, 0.25) is 0 Å². The number of rotatable bonds is 6. The normalized spacial score (nSPS) is 20.3. The number of hydrogen-bond acceptors (Lipinski definition) is 4. The molecule has 3 aliphatic rings. The van der Waals surface area contributed by atoms with Crippen LogP contribution in [0.3, 0.4) is 0 Å². The molecule has 5 rings (SSSR count). The van der Waals surface area contributed by atoms with Crippen LogP contribution in [-0.4, -0.2) is 66.2 Å². The van der Waals surface area contributed by atoms with E-state index in [-0.39, 0.29) is 5.91 Å². The molecule has 1 saturated carbocycles. The Balaban J connectivity index is 1.19. The first kappa shape index (κ1) is 22.4. The second-order valence-electron chi connectivity index (χ2n) is 10.2. The molecule has 33 heavy (non-hydrogen) atoms. The van der Waals surface area contributed by atoms with Crippen molar-refractivity contribution in [3.8, 4) is 0 Å². The predicted molar refractivity (Wildman–Crippen MR) is 133 cm³/mol. The van der Waals surface area contributed by atoms with Crippen molar-refractivity contribution in [3.63, 3.8) is 0 Å². The fourth-order valence-corrected chi connectivity index (χ4v) is 5.92. The molecule has 5 nitrogen and oxygen atoms in total. The first-order valence-corrected chi connectivity index (χ1v) is 12.7. The van der Waals surface area contributed by atoms with Crippen molar-refractivity contribution in [1.29, 1.82) is 0 Å². The Hall–Kier alpha value is -2.37. The van der Waals surface area contributed by atoms with E-state index in [1.807, 2.05) is 11.0 Å². The maximum Gasteiger partial charge on any atom is 0.254 e. The quantitative estimate of drug-likeness (QED) is 0.730. The SMILES string of the molecule is CN(c1ccc2c(c1)CCN(C[C@H](O)CN1CCc3ccccc3C1)C2=O)C1CCCCC1. The van der Waals surface area contributed by atoms with Gasteiger partial charge in [-0.3, -0.25) is 9.69 Å². The van der Waals surface area contributed by atoms with Crippen molar-refractivity contribution in [1.82, 2.24) is 9.80 Å². The molecule has 2 aliphatic heterocycles. The molecule has 0 aromatic heterocycles. The maximum atomic E-state index is 13.2. The van der Waals surface area contributed by atoms with E-state index in [1.54, 1.807) is 0 Å². The Morgan fingerprint density at radius 1 is 0.970 bits per heavy atom. The van der Waals surface area contributed by atoms with Gasteiger partial charge < -0.3 is 14.9 Å². The average molecular weight is 448 g/mol. The van der Waals surface area contributed by atoms with Crippen LogP contribution >= 0.6 is 0 Å². The summed E-state index contributed by atoms with van der Waals surface area (Å²) in [5, 5.41) is 10.8. The highest BCUT2D eigenvalue weighted by Crippen LogP contribution is 2.29. The molecule has 2 aromatic rings. The van der Waals surface area contributed by atoms with E-state index in [0.717, 1.165) is 37.1 Å². The highest BCUT2D eigenvalue weighted by atomic mass is 16.3. The smallest absolute Gasteiger partial charge is 0.254 e. The minimum absolute atomic E-state index is 0.0613. The number of hydrogen-bond donors (Lipinski definition) is 1. The Kier molecular flexibility index (Phi) is 6.70. The number of carbonyl (C=O) groups is 1. The molecule has 0 spiro atoms. The largest absolute Gasteiger partial charge is 0.390 e. The van der Waals surface area contributed by atoms with Crippen LogP contribution in [0.5, 0.6) is 0 Å². The lowest BCUT2D eigenvalue weighted by atomic mass is 9.93. The first-order valence-electron chi connectivity index (χ1n) is 12.7. The van der Waals surface area contributed by atoms with Gasteiger partial charge in [-0.15, -0.1) is 0 Å². The summed E-state index contributed by atoms with van der Waals surface area (Å²) in [5.41, 5.74) is 5.96.